The fourth-order valence-corrected chi connectivity index (χ4v) is 1.92. The molecule has 0 radical (unpaired) electrons. The Morgan fingerprint density at radius 1 is 1.33 bits per heavy atom. The van der Waals surface area contributed by atoms with Crippen molar-refractivity contribution in [2.75, 3.05) is 17.7 Å². The molecule has 0 unspecified atom stereocenters. The van der Waals surface area contributed by atoms with Crippen LogP contribution in [0.3, 0.4) is 0 Å². The Kier molecular flexibility index (Phi) is 3.67. The monoisotopic (exact) mass is 265 g/mol. The van der Waals surface area contributed by atoms with E-state index in [2.05, 4.69) is 4.98 Å². The Morgan fingerprint density at radius 2 is 2.11 bits per heavy atom. The Bertz CT molecular complexity index is 560. The Labute approximate surface area is 110 Å². The molecule has 1 aromatic heterocycles. The van der Waals surface area contributed by atoms with E-state index in [0.29, 0.717) is 17.3 Å². The molecule has 2 aromatic rings. The summed E-state index contributed by atoms with van der Waals surface area (Å²) in [6.07, 6.45) is 2.80. The number of nitrogens with zero attached hydrogens (tertiary/aromatic N) is 2. The lowest BCUT2D eigenvalue weighted by Crippen LogP contribution is -2.18. The second kappa shape index (κ2) is 5.23. The molecule has 0 bridgehead atoms. The standard InChI is InChI=1S/C13H13ClFN3/c1-18(8-9-4-11(15)7-17-6-9)13-5-10(14)2-3-12(13)16/h2-7H,8,16H2,1H3. The van der Waals surface area contributed by atoms with Crippen LogP contribution in [0, 0.1) is 5.82 Å². The van der Waals surface area contributed by atoms with Crippen LogP contribution in [0.25, 0.3) is 0 Å². The zero-order chi connectivity index (χ0) is 13.1. The minimum Gasteiger partial charge on any atom is -0.397 e. The van der Waals surface area contributed by atoms with Gasteiger partial charge in [-0.2, -0.15) is 0 Å². The first-order chi connectivity index (χ1) is 8.56. The van der Waals surface area contributed by atoms with E-state index in [-0.39, 0.29) is 5.82 Å². The number of benzene rings is 1. The molecular formula is C13H13ClFN3. The SMILES string of the molecule is CN(Cc1cncc(F)c1)c1cc(Cl)ccc1N. The molecule has 0 aliphatic carbocycles. The van der Waals surface area contributed by atoms with Crippen LogP contribution in [0.5, 0.6) is 0 Å². The highest BCUT2D eigenvalue weighted by Crippen LogP contribution is 2.27. The van der Waals surface area contributed by atoms with Crippen molar-refractivity contribution in [2.45, 2.75) is 6.54 Å². The Morgan fingerprint density at radius 3 is 2.83 bits per heavy atom. The van der Waals surface area contributed by atoms with Crippen molar-refractivity contribution < 1.29 is 4.39 Å². The summed E-state index contributed by atoms with van der Waals surface area (Å²) >= 11 is 5.93. The minimum absolute atomic E-state index is 0.347. The number of pyridine rings is 1. The van der Waals surface area contributed by atoms with Crippen LogP contribution >= 0.6 is 11.6 Å². The van der Waals surface area contributed by atoms with Crippen LogP contribution in [-0.2, 0) is 6.54 Å². The molecule has 0 aliphatic heterocycles. The van der Waals surface area contributed by atoms with E-state index >= 15 is 0 Å². The molecule has 0 fully saturated rings. The van der Waals surface area contributed by atoms with E-state index in [1.54, 1.807) is 24.4 Å². The number of nitrogen functional groups attached to an aromatic ring is 1. The van der Waals surface area contributed by atoms with Crippen LogP contribution in [0.2, 0.25) is 5.02 Å². The molecule has 0 amide bonds. The average Bonchev–Trinajstić information content (AvgIpc) is 2.32. The fraction of sp³-hybridized carbons (Fsp3) is 0.154. The molecule has 0 atom stereocenters. The van der Waals surface area contributed by atoms with Gasteiger partial charge in [-0.15, -0.1) is 0 Å². The van der Waals surface area contributed by atoms with Crippen LogP contribution in [0.1, 0.15) is 5.56 Å². The van der Waals surface area contributed by atoms with Gasteiger partial charge < -0.3 is 10.6 Å². The maximum atomic E-state index is 13.0. The van der Waals surface area contributed by atoms with Gasteiger partial charge in [-0.25, -0.2) is 4.39 Å². The van der Waals surface area contributed by atoms with Gasteiger partial charge >= 0.3 is 0 Å². The van der Waals surface area contributed by atoms with Crippen molar-refractivity contribution in [1.29, 1.82) is 0 Å². The molecule has 0 saturated heterocycles. The number of aromatic nitrogens is 1. The first-order valence-electron chi connectivity index (χ1n) is 5.42. The summed E-state index contributed by atoms with van der Waals surface area (Å²) < 4.78 is 13.0. The fourth-order valence-electron chi connectivity index (χ4n) is 1.75. The second-order valence-corrected chi connectivity index (χ2v) is 4.51. The number of nitrogens with two attached hydrogens (primary N) is 1. The number of hydrogen-bond donors (Lipinski definition) is 1. The highest BCUT2D eigenvalue weighted by molar-refractivity contribution is 6.31. The van der Waals surface area contributed by atoms with Gasteiger partial charge in [0.1, 0.15) is 5.82 Å². The third-order valence-electron chi connectivity index (χ3n) is 2.58. The number of anilines is 2. The largest absolute Gasteiger partial charge is 0.397 e. The summed E-state index contributed by atoms with van der Waals surface area (Å²) in [6, 6.07) is 6.71. The Balaban J connectivity index is 2.21. The molecule has 2 rings (SSSR count). The third-order valence-corrected chi connectivity index (χ3v) is 2.82. The first kappa shape index (κ1) is 12.6. The van der Waals surface area contributed by atoms with E-state index in [1.807, 2.05) is 11.9 Å². The Hall–Kier alpha value is -1.81. The van der Waals surface area contributed by atoms with E-state index in [9.17, 15) is 4.39 Å². The highest BCUT2D eigenvalue weighted by Gasteiger charge is 2.07. The topological polar surface area (TPSA) is 42.2 Å². The van der Waals surface area contributed by atoms with Crippen LogP contribution in [0.4, 0.5) is 15.8 Å². The van der Waals surface area contributed by atoms with Gasteiger partial charge in [-0.05, 0) is 29.8 Å². The molecule has 0 aliphatic rings. The molecule has 0 saturated carbocycles. The zero-order valence-corrected chi connectivity index (χ0v) is 10.7. The number of hydrogen-bond acceptors (Lipinski definition) is 3. The molecular weight excluding hydrogens is 253 g/mol. The quantitative estimate of drug-likeness (QED) is 0.867. The molecule has 3 nitrogen and oxygen atoms in total. The lowest BCUT2D eigenvalue weighted by Gasteiger charge is -2.21. The summed E-state index contributed by atoms with van der Waals surface area (Å²) in [5.41, 5.74) is 8.10. The number of rotatable bonds is 3. The third kappa shape index (κ3) is 2.90. The normalized spacial score (nSPS) is 10.4. The second-order valence-electron chi connectivity index (χ2n) is 4.07. The van der Waals surface area contributed by atoms with Gasteiger partial charge in [0.05, 0.1) is 17.6 Å². The average molecular weight is 266 g/mol. The lowest BCUT2D eigenvalue weighted by molar-refractivity contribution is 0.618. The van der Waals surface area contributed by atoms with E-state index < -0.39 is 0 Å². The van der Waals surface area contributed by atoms with Crippen molar-refractivity contribution in [2.24, 2.45) is 0 Å². The van der Waals surface area contributed by atoms with Gasteiger partial charge in [0.15, 0.2) is 0 Å². The van der Waals surface area contributed by atoms with Crippen molar-refractivity contribution in [3.63, 3.8) is 0 Å². The number of halogens is 2. The summed E-state index contributed by atoms with van der Waals surface area (Å²) in [7, 11) is 1.87. The highest BCUT2D eigenvalue weighted by atomic mass is 35.5. The van der Waals surface area contributed by atoms with E-state index in [1.165, 1.54) is 12.3 Å². The van der Waals surface area contributed by atoms with Crippen molar-refractivity contribution in [1.82, 2.24) is 4.98 Å². The van der Waals surface area contributed by atoms with Crippen LogP contribution < -0.4 is 10.6 Å². The lowest BCUT2D eigenvalue weighted by atomic mass is 10.2. The predicted octanol–water partition coefficient (Wildman–Crippen LogP) is 3.09. The molecule has 1 aromatic carbocycles. The van der Waals surface area contributed by atoms with Crippen molar-refractivity contribution >= 4 is 23.0 Å². The van der Waals surface area contributed by atoms with Crippen molar-refractivity contribution in [3.05, 3.63) is 53.1 Å². The molecule has 0 spiro atoms. The molecule has 18 heavy (non-hydrogen) atoms. The summed E-state index contributed by atoms with van der Waals surface area (Å²) in [5.74, 6) is -0.347. The molecule has 1 heterocycles. The van der Waals surface area contributed by atoms with Gasteiger partial charge in [0.25, 0.3) is 0 Å². The molecule has 2 N–H and O–H groups in total. The van der Waals surface area contributed by atoms with Gasteiger partial charge in [0, 0.05) is 24.8 Å². The van der Waals surface area contributed by atoms with E-state index in [4.69, 9.17) is 17.3 Å². The molecule has 94 valence electrons. The van der Waals surface area contributed by atoms with Gasteiger partial charge in [-0.3, -0.25) is 4.98 Å². The summed E-state index contributed by atoms with van der Waals surface area (Å²) in [6.45, 7) is 0.509. The summed E-state index contributed by atoms with van der Waals surface area (Å²) in [4.78, 5) is 5.71. The minimum atomic E-state index is -0.347. The van der Waals surface area contributed by atoms with Crippen molar-refractivity contribution in [3.8, 4) is 0 Å². The first-order valence-corrected chi connectivity index (χ1v) is 5.79. The zero-order valence-electron chi connectivity index (χ0n) is 9.90. The smallest absolute Gasteiger partial charge is 0.141 e. The molecule has 5 heteroatoms. The maximum absolute atomic E-state index is 13.0. The van der Waals surface area contributed by atoms with Gasteiger partial charge in [0.2, 0.25) is 0 Å². The van der Waals surface area contributed by atoms with Crippen LogP contribution in [0.15, 0.2) is 36.7 Å². The van der Waals surface area contributed by atoms with Crippen LogP contribution in [-0.4, -0.2) is 12.0 Å². The van der Waals surface area contributed by atoms with Gasteiger partial charge in [-0.1, -0.05) is 11.6 Å². The maximum Gasteiger partial charge on any atom is 0.141 e. The summed E-state index contributed by atoms with van der Waals surface area (Å²) in [5, 5.41) is 0.614. The predicted molar refractivity (Wildman–Crippen MR) is 72.2 cm³/mol. The van der Waals surface area contributed by atoms with E-state index in [0.717, 1.165) is 11.3 Å².